The number of hydrogen-bond donors (Lipinski definition) is 3. The summed E-state index contributed by atoms with van der Waals surface area (Å²) in [4.78, 5) is 27.5. The van der Waals surface area contributed by atoms with Gasteiger partial charge in [-0.3, -0.25) is 9.59 Å². The Morgan fingerprint density at radius 3 is 2.48 bits per heavy atom. The van der Waals surface area contributed by atoms with E-state index in [0.29, 0.717) is 18.9 Å². The number of carbonyl (C=O) groups is 2. The molecule has 1 aromatic carbocycles. The van der Waals surface area contributed by atoms with Gasteiger partial charge in [0.2, 0.25) is 11.8 Å². The van der Waals surface area contributed by atoms with Gasteiger partial charge in [0.25, 0.3) is 0 Å². The summed E-state index contributed by atoms with van der Waals surface area (Å²) < 4.78 is 0. The topological polar surface area (TPSA) is 89.9 Å². The number of benzene rings is 1. The van der Waals surface area contributed by atoms with E-state index in [9.17, 15) is 19.8 Å². The zero-order valence-electron chi connectivity index (χ0n) is 18.5. The first kappa shape index (κ1) is 25.1. The van der Waals surface area contributed by atoms with Crippen LogP contribution in [0.1, 0.15) is 56.9 Å². The molecule has 0 spiro atoms. The predicted molar refractivity (Wildman–Crippen MR) is 122 cm³/mol. The van der Waals surface area contributed by atoms with Gasteiger partial charge >= 0.3 is 0 Å². The van der Waals surface area contributed by atoms with Crippen molar-refractivity contribution in [1.82, 2.24) is 10.2 Å². The second-order valence-electron chi connectivity index (χ2n) is 8.58. The summed E-state index contributed by atoms with van der Waals surface area (Å²) in [5, 5.41) is 22.2. The first-order valence-corrected chi connectivity index (χ1v) is 11.5. The van der Waals surface area contributed by atoms with E-state index in [4.69, 9.17) is 0 Å². The maximum atomic E-state index is 13.0. The van der Waals surface area contributed by atoms with Crippen molar-refractivity contribution < 1.29 is 19.8 Å². The number of aliphatic hydroxyl groups excluding tert-OH is 2. The van der Waals surface area contributed by atoms with Crippen LogP contribution in [0, 0.1) is 11.8 Å². The van der Waals surface area contributed by atoms with Crippen LogP contribution in [0.4, 0.5) is 0 Å². The number of nitrogens with one attached hydrogen (secondary N) is 1. The second kappa shape index (κ2) is 14.0. The van der Waals surface area contributed by atoms with E-state index in [0.717, 1.165) is 24.8 Å². The second-order valence-corrected chi connectivity index (χ2v) is 8.58. The lowest BCUT2D eigenvalue weighted by atomic mass is 9.85. The standard InChI is InChI=1S/C25H38N2O4/c1-2-9-22(25(31)26-23(19-29)16-20-10-5-3-6-11-20)17-24(30)27(14-15-28)18-21-12-7-4-8-13-21/h2,4,7-8,12-13,20,22-23,28-29H,1,3,5-6,9-11,14-19H2,(H,26,31). The third kappa shape index (κ3) is 8.83. The molecule has 2 unspecified atom stereocenters. The molecule has 0 aromatic heterocycles. The van der Waals surface area contributed by atoms with Gasteiger partial charge in [-0.2, -0.15) is 0 Å². The molecule has 1 aromatic rings. The van der Waals surface area contributed by atoms with Gasteiger partial charge in [-0.25, -0.2) is 0 Å². The monoisotopic (exact) mass is 430 g/mol. The largest absolute Gasteiger partial charge is 0.395 e. The van der Waals surface area contributed by atoms with E-state index in [-0.39, 0.29) is 44.0 Å². The van der Waals surface area contributed by atoms with Crippen LogP contribution in [0.3, 0.4) is 0 Å². The Morgan fingerprint density at radius 1 is 1.16 bits per heavy atom. The number of allylic oxidation sites excluding steroid dienone is 1. The van der Waals surface area contributed by atoms with Crippen molar-refractivity contribution in [3.63, 3.8) is 0 Å². The van der Waals surface area contributed by atoms with Crippen LogP contribution < -0.4 is 5.32 Å². The SMILES string of the molecule is C=CCC(CC(=O)N(CCO)Cc1ccccc1)C(=O)NC(CO)CC1CCCCC1. The number of carbonyl (C=O) groups excluding carboxylic acids is 2. The van der Waals surface area contributed by atoms with Crippen molar-refractivity contribution >= 4 is 11.8 Å². The van der Waals surface area contributed by atoms with E-state index >= 15 is 0 Å². The van der Waals surface area contributed by atoms with Crippen LogP contribution >= 0.6 is 0 Å². The van der Waals surface area contributed by atoms with Gasteiger partial charge in [0, 0.05) is 19.5 Å². The Balaban J connectivity index is 1.96. The highest BCUT2D eigenvalue weighted by Gasteiger charge is 2.27. The molecule has 1 fully saturated rings. The lowest BCUT2D eigenvalue weighted by Crippen LogP contribution is -2.44. The number of rotatable bonds is 13. The van der Waals surface area contributed by atoms with Crippen molar-refractivity contribution in [3.8, 4) is 0 Å². The fourth-order valence-electron chi connectivity index (χ4n) is 4.36. The lowest BCUT2D eigenvalue weighted by molar-refractivity contribution is -0.137. The van der Waals surface area contributed by atoms with Gasteiger partial charge in [-0.15, -0.1) is 6.58 Å². The smallest absolute Gasteiger partial charge is 0.224 e. The third-order valence-electron chi connectivity index (χ3n) is 6.09. The Bertz CT molecular complexity index is 673. The molecular weight excluding hydrogens is 392 g/mol. The van der Waals surface area contributed by atoms with Crippen molar-refractivity contribution in [2.24, 2.45) is 11.8 Å². The molecule has 6 heteroatoms. The minimum absolute atomic E-state index is 0.0479. The minimum atomic E-state index is -0.539. The summed E-state index contributed by atoms with van der Waals surface area (Å²) in [7, 11) is 0. The molecule has 1 saturated carbocycles. The molecule has 2 atom stereocenters. The molecule has 0 heterocycles. The zero-order valence-corrected chi connectivity index (χ0v) is 18.5. The highest BCUT2D eigenvalue weighted by Crippen LogP contribution is 2.27. The third-order valence-corrected chi connectivity index (χ3v) is 6.09. The van der Waals surface area contributed by atoms with Gasteiger partial charge < -0.3 is 20.4 Å². The predicted octanol–water partition coefficient (Wildman–Crippen LogP) is 3.04. The molecule has 2 rings (SSSR count). The quantitative estimate of drug-likeness (QED) is 0.420. The summed E-state index contributed by atoms with van der Waals surface area (Å²) in [5.41, 5.74) is 0.974. The molecule has 1 aliphatic rings. The summed E-state index contributed by atoms with van der Waals surface area (Å²) in [6.07, 6.45) is 8.86. The molecule has 6 nitrogen and oxygen atoms in total. The van der Waals surface area contributed by atoms with E-state index in [1.54, 1.807) is 11.0 Å². The molecule has 1 aliphatic carbocycles. The van der Waals surface area contributed by atoms with Crippen LogP contribution in [-0.2, 0) is 16.1 Å². The first-order chi connectivity index (χ1) is 15.1. The lowest BCUT2D eigenvalue weighted by Gasteiger charge is -2.28. The zero-order chi connectivity index (χ0) is 22.5. The van der Waals surface area contributed by atoms with Crippen LogP contribution in [0.2, 0.25) is 0 Å². The van der Waals surface area contributed by atoms with Crippen molar-refractivity contribution in [2.45, 2.75) is 64.0 Å². The van der Waals surface area contributed by atoms with Gasteiger partial charge in [-0.05, 0) is 24.3 Å². The van der Waals surface area contributed by atoms with Crippen molar-refractivity contribution in [3.05, 3.63) is 48.6 Å². The van der Waals surface area contributed by atoms with Crippen LogP contribution in [0.15, 0.2) is 43.0 Å². The molecule has 0 bridgehead atoms. The Morgan fingerprint density at radius 2 is 1.87 bits per heavy atom. The minimum Gasteiger partial charge on any atom is -0.395 e. The van der Waals surface area contributed by atoms with Crippen molar-refractivity contribution in [2.75, 3.05) is 19.8 Å². The number of hydrogen-bond acceptors (Lipinski definition) is 4. The summed E-state index contributed by atoms with van der Waals surface area (Å²) in [6.45, 7) is 4.12. The van der Waals surface area contributed by atoms with Crippen LogP contribution in [0.5, 0.6) is 0 Å². The maximum Gasteiger partial charge on any atom is 0.224 e. The number of aliphatic hydroxyl groups is 2. The molecule has 0 aliphatic heterocycles. The molecule has 2 amide bonds. The van der Waals surface area contributed by atoms with Crippen molar-refractivity contribution in [1.29, 1.82) is 0 Å². The Kier molecular flexibility index (Phi) is 11.3. The van der Waals surface area contributed by atoms with Gasteiger partial charge in [0.1, 0.15) is 0 Å². The maximum absolute atomic E-state index is 13.0. The van der Waals surface area contributed by atoms with Gasteiger partial charge in [0.15, 0.2) is 0 Å². The highest BCUT2D eigenvalue weighted by atomic mass is 16.3. The van der Waals surface area contributed by atoms with Crippen LogP contribution in [0.25, 0.3) is 0 Å². The van der Waals surface area contributed by atoms with E-state index in [1.165, 1.54) is 19.3 Å². The van der Waals surface area contributed by atoms with E-state index in [1.807, 2.05) is 30.3 Å². The van der Waals surface area contributed by atoms with Gasteiger partial charge in [0.05, 0.1) is 25.2 Å². The number of amides is 2. The molecule has 172 valence electrons. The van der Waals surface area contributed by atoms with Gasteiger partial charge in [-0.1, -0.05) is 68.5 Å². The molecule has 3 N–H and O–H groups in total. The fraction of sp³-hybridized carbons (Fsp3) is 0.600. The Hall–Kier alpha value is -2.18. The van der Waals surface area contributed by atoms with Crippen LogP contribution in [-0.4, -0.2) is 52.7 Å². The normalized spacial score (nSPS) is 16.3. The summed E-state index contributed by atoms with van der Waals surface area (Å²) in [5.74, 6) is -0.390. The summed E-state index contributed by atoms with van der Waals surface area (Å²) >= 11 is 0. The Labute approximate surface area is 186 Å². The molecule has 31 heavy (non-hydrogen) atoms. The molecule has 0 radical (unpaired) electrons. The summed E-state index contributed by atoms with van der Waals surface area (Å²) in [6, 6.07) is 9.32. The average molecular weight is 431 g/mol. The highest BCUT2D eigenvalue weighted by molar-refractivity contribution is 5.86. The fourth-order valence-corrected chi connectivity index (χ4v) is 4.36. The first-order valence-electron chi connectivity index (χ1n) is 11.5. The number of nitrogens with zero attached hydrogens (tertiary/aromatic N) is 1. The van der Waals surface area contributed by atoms with E-state index in [2.05, 4.69) is 11.9 Å². The molecular formula is C25H38N2O4. The average Bonchev–Trinajstić information content (AvgIpc) is 2.79. The van der Waals surface area contributed by atoms with E-state index < -0.39 is 5.92 Å². The molecule has 0 saturated heterocycles.